The van der Waals surface area contributed by atoms with E-state index in [1.54, 1.807) is 21.3 Å². The summed E-state index contributed by atoms with van der Waals surface area (Å²) in [6, 6.07) is 6.92. The zero-order valence-electron chi connectivity index (χ0n) is 18.3. The predicted octanol–water partition coefficient (Wildman–Crippen LogP) is 3.86. The van der Waals surface area contributed by atoms with E-state index in [2.05, 4.69) is 31.0 Å². The number of carbonyl (C=O) groups excluding carboxylic acids is 1. The van der Waals surface area contributed by atoms with Crippen LogP contribution in [-0.2, 0) is 18.1 Å². The van der Waals surface area contributed by atoms with Gasteiger partial charge in [0.1, 0.15) is 0 Å². The van der Waals surface area contributed by atoms with Crippen LogP contribution >= 0.6 is 0 Å². The molecule has 0 radical (unpaired) electrons. The second kappa shape index (κ2) is 13.8. The Bertz CT molecular complexity index is 518. The number of carbonyl (C=O) groups is 1. The molecule has 0 atom stereocenters. The van der Waals surface area contributed by atoms with Crippen molar-refractivity contribution in [1.29, 1.82) is 0 Å². The maximum absolute atomic E-state index is 11.9. The van der Waals surface area contributed by atoms with Crippen molar-refractivity contribution < 1.29 is 18.1 Å². The lowest BCUT2D eigenvalue weighted by molar-refractivity contribution is -0.117. The maximum Gasteiger partial charge on any atom is 0.500 e. The number of rotatable bonds is 10. The number of aryl methyl sites for hydroxylation is 2. The molecule has 1 amide bonds. The van der Waals surface area contributed by atoms with Crippen LogP contribution in [-0.4, -0.2) is 60.6 Å². The zero-order chi connectivity index (χ0) is 20.9. The van der Waals surface area contributed by atoms with Gasteiger partial charge in [0.2, 0.25) is 5.91 Å². The lowest BCUT2D eigenvalue weighted by atomic mass is 10.1. The van der Waals surface area contributed by atoms with Crippen molar-refractivity contribution in [3.63, 3.8) is 0 Å². The highest BCUT2D eigenvalue weighted by molar-refractivity contribution is 6.60. The third kappa shape index (κ3) is 8.99. The topological polar surface area (TPSA) is 60.0 Å². The minimum Gasteiger partial charge on any atom is -0.377 e. The molecule has 0 aliphatic heterocycles. The lowest BCUT2D eigenvalue weighted by Gasteiger charge is -2.23. The van der Waals surface area contributed by atoms with Gasteiger partial charge in [-0.3, -0.25) is 9.69 Å². The monoisotopic (exact) mass is 398 g/mol. The second-order valence-corrected chi connectivity index (χ2v) is 9.41. The molecule has 27 heavy (non-hydrogen) atoms. The molecule has 6 nitrogen and oxygen atoms in total. The smallest absolute Gasteiger partial charge is 0.377 e. The fourth-order valence-electron chi connectivity index (χ4n) is 2.70. The predicted molar refractivity (Wildman–Crippen MR) is 114 cm³/mol. The number of hydrogen-bond donors (Lipinski definition) is 1. The molecule has 1 aromatic rings. The number of benzene rings is 1. The van der Waals surface area contributed by atoms with Crippen molar-refractivity contribution in [2.75, 3.05) is 46.3 Å². The second-order valence-electron chi connectivity index (χ2n) is 6.32. The van der Waals surface area contributed by atoms with E-state index in [1.807, 2.05) is 32.0 Å². The van der Waals surface area contributed by atoms with Crippen LogP contribution in [0.25, 0.3) is 0 Å². The summed E-state index contributed by atoms with van der Waals surface area (Å²) in [7, 11) is 2.68. The maximum atomic E-state index is 11.9. The van der Waals surface area contributed by atoms with Crippen LogP contribution < -0.4 is 5.32 Å². The Morgan fingerprint density at radius 2 is 1.48 bits per heavy atom. The number of likely N-dealkylation sites (N-methyl/N-ethyl adjacent to an activating group) is 1. The number of para-hydroxylation sites is 1. The molecule has 1 aromatic carbocycles. The van der Waals surface area contributed by atoms with Crippen molar-refractivity contribution in [2.45, 2.75) is 47.1 Å². The Morgan fingerprint density at radius 1 is 1.00 bits per heavy atom. The van der Waals surface area contributed by atoms with E-state index < -0.39 is 8.80 Å². The highest BCUT2D eigenvalue weighted by Crippen LogP contribution is 2.19. The average Bonchev–Trinajstić information content (AvgIpc) is 2.68. The fourth-order valence-corrected chi connectivity index (χ4v) is 4.43. The fraction of sp³-hybridized carbons (Fsp3) is 0.650. The number of hydrogen-bond acceptors (Lipinski definition) is 5. The average molecular weight is 399 g/mol. The Morgan fingerprint density at radius 3 is 1.81 bits per heavy atom. The van der Waals surface area contributed by atoms with Crippen LogP contribution in [0.2, 0.25) is 6.04 Å². The molecular formula is C20H38N2O4Si. The third-order valence-electron chi connectivity index (χ3n) is 4.50. The van der Waals surface area contributed by atoms with Crippen LogP contribution in [0.4, 0.5) is 5.69 Å². The number of nitrogens with zero attached hydrogens (tertiary/aromatic N) is 1. The summed E-state index contributed by atoms with van der Waals surface area (Å²) in [6.45, 7) is 12.5. The van der Waals surface area contributed by atoms with E-state index >= 15 is 0 Å². The molecule has 0 saturated carbocycles. The Labute approximate surface area is 166 Å². The molecule has 0 aliphatic rings. The van der Waals surface area contributed by atoms with Crippen LogP contribution in [0.15, 0.2) is 18.2 Å². The van der Waals surface area contributed by atoms with Gasteiger partial charge >= 0.3 is 8.80 Å². The van der Waals surface area contributed by atoms with Crippen molar-refractivity contribution in [3.05, 3.63) is 29.3 Å². The number of anilines is 1. The van der Waals surface area contributed by atoms with Crippen molar-refractivity contribution in [1.82, 2.24) is 4.90 Å². The first-order valence-corrected chi connectivity index (χ1v) is 11.5. The van der Waals surface area contributed by atoms with Gasteiger partial charge in [0.15, 0.2) is 0 Å². The Hall–Kier alpha value is -1.25. The van der Waals surface area contributed by atoms with Crippen LogP contribution in [0.3, 0.4) is 0 Å². The highest BCUT2D eigenvalue weighted by Gasteiger charge is 2.36. The van der Waals surface area contributed by atoms with E-state index in [1.165, 1.54) is 0 Å². The third-order valence-corrected chi connectivity index (χ3v) is 7.47. The summed E-state index contributed by atoms with van der Waals surface area (Å²) in [4.78, 5) is 14.0. The Balaban J connectivity index is 0.000000580. The first kappa shape index (κ1) is 25.7. The van der Waals surface area contributed by atoms with Crippen LogP contribution in [0, 0.1) is 13.8 Å². The SMILES string of the molecule is CCC[Si](OC)(OC)OC.CCN(CC)CC(=O)Nc1c(C)cccc1C. The quantitative estimate of drug-likeness (QED) is 0.607. The van der Waals surface area contributed by atoms with Gasteiger partial charge in [0, 0.05) is 33.1 Å². The zero-order valence-corrected chi connectivity index (χ0v) is 19.3. The molecule has 0 fully saturated rings. The summed E-state index contributed by atoms with van der Waals surface area (Å²) in [6.07, 6.45) is 1.03. The summed E-state index contributed by atoms with van der Waals surface area (Å²) < 4.78 is 15.5. The molecule has 156 valence electrons. The molecule has 0 unspecified atom stereocenters. The molecule has 0 aromatic heterocycles. The van der Waals surface area contributed by atoms with Gasteiger partial charge in [-0.1, -0.05) is 45.4 Å². The van der Waals surface area contributed by atoms with Crippen LogP contribution in [0.1, 0.15) is 38.3 Å². The van der Waals surface area contributed by atoms with Gasteiger partial charge in [-0.15, -0.1) is 0 Å². The summed E-state index contributed by atoms with van der Waals surface area (Å²) in [5, 5.41) is 3.00. The standard InChI is InChI=1S/C14H22N2O.C6H16O3Si/c1-5-16(6-2)10-13(17)15-14-11(3)8-7-9-12(14)4;1-5-6-10(7-2,8-3)9-4/h7-9H,5-6,10H2,1-4H3,(H,15,17);5-6H2,1-4H3. The molecular weight excluding hydrogens is 360 g/mol. The van der Waals surface area contributed by atoms with Gasteiger partial charge in [-0.2, -0.15) is 0 Å². The first-order valence-electron chi connectivity index (χ1n) is 9.56. The molecule has 7 heteroatoms. The van der Waals surface area contributed by atoms with Crippen molar-refractivity contribution in [2.24, 2.45) is 0 Å². The van der Waals surface area contributed by atoms with Crippen LogP contribution in [0.5, 0.6) is 0 Å². The molecule has 0 saturated heterocycles. The van der Waals surface area contributed by atoms with E-state index in [0.717, 1.165) is 42.4 Å². The van der Waals surface area contributed by atoms with E-state index in [9.17, 15) is 4.79 Å². The minimum absolute atomic E-state index is 0.0612. The van der Waals surface area contributed by atoms with Gasteiger partial charge in [-0.05, 0) is 38.1 Å². The Kier molecular flexibility index (Phi) is 13.2. The van der Waals surface area contributed by atoms with Gasteiger partial charge < -0.3 is 18.6 Å². The summed E-state index contributed by atoms with van der Waals surface area (Å²) >= 11 is 0. The summed E-state index contributed by atoms with van der Waals surface area (Å²) in [5.74, 6) is 0.0612. The molecule has 1 rings (SSSR count). The van der Waals surface area contributed by atoms with E-state index in [-0.39, 0.29) is 5.91 Å². The minimum atomic E-state index is -2.22. The van der Waals surface area contributed by atoms with E-state index in [0.29, 0.717) is 6.54 Å². The van der Waals surface area contributed by atoms with Gasteiger partial charge in [0.25, 0.3) is 0 Å². The van der Waals surface area contributed by atoms with Crippen molar-refractivity contribution in [3.8, 4) is 0 Å². The lowest BCUT2D eigenvalue weighted by Crippen LogP contribution is -2.42. The summed E-state index contributed by atoms with van der Waals surface area (Å²) in [5.41, 5.74) is 3.17. The molecule has 1 N–H and O–H groups in total. The van der Waals surface area contributed by atoms with Crippen molar-refractivity contribution >= 4 is 20.4 Å². The number of nitrogens with one attached hydrogen (secondary N) is 1. The largest absolute Gasteiger partial charge is 0.500 e. The van der Waals surface area contributed by atoms with Gasteiger partial charge in [-0.25, -0.2) is 0 Å². The normalized spacial score (nSPS) is 11.1. The number of amides is 1. The van der Waals surface area contributed by atoms with Gasteiger partial charge in [0.05, 0.1) is 6.54 Å². The molecule has 0 heterocycles. The molecule has 0 aliphatic carbocycles. The highest BCUT2D eigenvalue weighted by atomic mass is 28.4. The molecule has 0 spiro atoms. The molecule has 0 bridgehead atoms. The first-order chi connectivity index (χ1) is 12.8. The van der Waals surface area contributed by atoms with E-state index in [4.69, 9.17) is 13.3 Å².